The number of hydrogen-bond acceptors (Lipinski definition) is 6. The Labute approximate surface area is 200 Å². The Morgan fingerprint density at radius 2 is 1.80 bits per heavy atom. The lowest BCUT2D eigenvalue weighted by atomic mass is 9.87. The minimum atomic E-state index is -0.932. The number of carbonyl (C=O) groups is 3. The summed E-state index contributed by atoms with van der Waals surface area (Å²) in [5.41, 5.74) is 1.44. The molecule has 3 amide bonds. The van der Waals surface area contributed by atoms with Crippen LogP contribution >= 0.6 is 0 Å². The van der Waals surface area contributed by atoms with Crippen molar-refractivity contribution >= 4 is 34.7 Å². The molecule has 0 radical (unpaired) electrons. The third-order valence-electron chi connectivity index (χ3n) is 7.15. The quantitative estimate of drug-likeness (QED) is 0.568. The molecular formula is C25H24FN5O4. The third-order valence-corrected chi connectivity index (χ3v) is 7.15. The summed E-state index contributed by atoms with van der Waals surface area (Å²) in [6, 6.07) is 10.8. The molecule has 3 aliphatic rings. The minimum absolute atomic E-state index is 0.111. The number of para-hydroxylation sites is 1. The van der Waals surface area contributed by atoms with Gasteiger partial charge in [0.05, 0.1) is 17.6 Å². The first-order valence-electron chi connectivity index (χ1n) is 11.8. The molecule has 3 aliphatic heterocycles. The first kappa shape index (κ1) is 21.6. The van der Waals surface area contributed by atoms with Gasteiger partial charge in [0.25, 0.3) is 5.91 Å². The highest BCUT2D eigenvalue weighted by molar-refractivity contribution is 6.08. The second-order valence-corrected chi connectivity index (χ2v) is 9.17. The van der Waals surface area contributed by atoms with Crippen molar-refractivity contribution in [3.8, 4) is 5.75 Å². The van der Waals surface area contributed by atoms with Crippen molar-refractivity contribution in [2.75, 3.05) is 31.1 Å². The van der Waals surface area contributed by atoms with Crippen LogP contribution in [0.5, 0.6) is 5.75 Å². The molecule has 1 aromatic heterocycles. The van der Waals surface area contributed by atoms with Crippen LogP contribution in [-0.2, 0) is 11.3 Å². The first-order chi connectivity index (χ1) is 16.9. The standard InChI is InChI=1S/C25H24FN5O4/c26-16-4-6-17(7-5-16)35-15-14-31-22(33)25(28-24(31)34)9-12-29(13-10-25)23-27-19-3-1-2-18-20(32)8-11-30(23)21(18)19/h1-7H,8-15H2,(H,28,34). The number of halogens is 1. The smallest absolute Gasteiger partial charge is 0.325 e. The van der Waals surface area contributed by atoms with Crippen molar-refractivity contribution in [2.24, 2.45) is 0 Å². The van der Waals surface area contributed by atoms with Crippen LogP contribution < -0.4 is 15.0 Å². The van der Waals surface area contributed by atoms with Gasteiger partial charge in [-0.3, -0.25) is 14.5 Å². The Morgan fingerprint density at radius 1 is 1.03 bits per heavy atom. The van der Waals surface area contributed by atoms with E-state index in [9.17, 15) is 18.8 Å². The van der Waals surface area contributed by atoms with Crippen LogP contribution in [0.4, 0.5) is 15.1 Å². The summed E-state index contributed by atoms with van der Waals surface area (Å²) in [5, 5.41) is 2.91. The fraction of sp³-hybridized carbons (Fsp3) is 0.360. The van der Waals surface area contributed by atoms with Crippen molar-refractivity contribution in [3.63, 3.8) is 0 Å². The Bertz CT molecular complexity index is 1340. The molecule has 10 heteroatoms. The predicted octanol–water partition coefficient (Wildman–Crippen LogP) is 2.73. The third kappa shape index (κ3) is 3.51. The number of aryl methyl sites for hydroxylation is 1. The van der Waals surface area contributed by atoms with Gasteiger partial charge in [-0.25, -0.2) is 14.2 Å². The summed E-state index contributed by atoms with van der Waals surface area (Å²) >= 11 is 0. The van der Waals surface area contributed by atoms with Crippen LogP contribution in [0, 0.1) is 5.82 Å². The monoisotopic (exact) mass is 477 g/mol. The predicted molar refractivity (Wildman–Crippen MR) is 125 cm³/mol. The number of nitrogens with one attached hydrogen (secondary N) is 1. The molecule has 4 heterocycles. The van der Waals surface area contributed by atoms with Crippen LogP contribution in [0.25, 0.3) is 11.0 Å². The zero-order valence-electron chi connectivity index (χ0n) is 19.0. The molecule has 35 heavy (non-hydrogen) atoms. The second kappa shape index (κ2) is 8.07. The van der Waals surface area contributed by atoms with Crippen molar-refractivity contribution in [2.45, 2.75) is 31.3 Å². The molecule has 2 saturated heterocycles. The lowest BCUT2D eigenvalue weighted by molar-refractivity contribution is -0.132. The van der Waals surface area contributed by atoms with Crippen molar-refractivity contribution in [1.29, 1.82) is 0 Å². The van der Waals surface area contributed by atoms with E-state index in [1.54, 1.807) is 0 Å². The molecule has 9 nitrogen and oxygen atoms in total. The Kier molecular flexibility index (Phi) is 4.98. The van der Waals surface area contributed by atoms with Crippen LogP contribution in [0.2, 0.25) is 0 Å². The SMILES string of the molecule is O=C1CCn2c(N3CCC4(CC3)NC(=O)N(CCOc3ccc(F)cc3)C4=O)nc3cccc1c32. The summed E-state index contributed by atoms with van der Waals surface area (Å²) in [7, 11) is 0. The number of urea groups is 1. The fourth-order valence-corrected chi connectivity index (χ4v) is 5.29. The number of ketones is 1. The lowest BCUT2D eigenvalue weighted by Crippen LogP contribution is -2.55. The molecule has 0 aliphatic carbocycles. The molecule has 2 fully saturated rings. The number of rotatable bonds is 5. The van der Waals surface area contributed by atoms with E-state index in [1.807, 2.05) is 18.2 Å². The number of aromatic nitrogens is 2. The Hall–Kier alpha value is -3.95. The minimum Gasteiger partial charge on any atom is -0.492 e. The largest absolute Gasteiger partial charge is 0.492 e. The van der Waals surface area contributed by atoms with Gasteiger partial charge in [-0.1, -0.05) is 6.07 Å². The van der Waals surface area contributed by atoms with Crippen LogP contribution in [-0.4, -0.2) is 64.0 Å². The van der Waals surface area contributed by atoms with Crippen molar-refractivity contribution in [3.05, 3.63) is 53.8 Å². The molecule has 6 rings (SSSR count). The van der Waals surface area contributed by atoms with Gasteiger partial charge in [-0.05, 0) is 49.2 Å². The highest BCUT2D eigenvalue weighted by Gasteiger charge is 2.52. The molecule has 0 unspecified atom stereocenters. The molecule has 0 bridgehead atoms. The molecule has 3 aromatic rings. The number of hydrogen-bond donors (Lipinski definition) is 1. The maximum absolute atomic E-state index is 13.2. The van der Waals surface area contributed by atoms with Crippen LogP contribution in [0.3, 0.4) is 0 Å². The Balaban J connectivity index is 1.14. The topological polar surface area (TPSA) is 96.8 Å². The maximum Gasteiger partial charge on any atom is 0.325 e. The van der Waals surface area contributed by atoms with Gasteiger partial charge in [-0.15, -0.1) is 0 Å². The molecule has 180 valence electrons. The van der Waals surface area contributed by atoms with Crippen LogP contribution in [0.1, 0.15) is 29.6 Å². The number of carbonyl (C=O) groups excluding carboxylic acids is 3. The highest BCUT2D eigenvalue weighted by atomic mass is 19.1. The summed E-state index contributed by atoms with van der Waals surface area (Å²) < 4.78 is 20.7. The molecule has 2 aromatic carbocycles. The van der Waals surface area contributed by atoms with E-state index in [0.29, 0.717) is 50.2 Å². The van der Waals surface area contributed by atoms with Crippen molar-refractivity contribution in [1.82, 2.24) is 19.8 Å². The summed E-state index contributed by atoms with van der Waals surface area (Å²) in [4.78, 5) is 46.3. The normalized spacial score (nSPS) is 19.1. The van der Waals surface area contributed by atoms with E-state index in [0.717, 1.165) is 17.0 Å². The van der Waals surface area contributed by atoms with E-state index >= 15 is 0 Å². The second-order valence-electron chi connectivity index (χ2n) is 9.17. The number of imidazole rings is 1. The zero-order chi connectivity index (χ0) is 24.2. The molecular weight excluding hydrogens is 453 g/mol. The summed E-state index contributed by atoms with van der Waals surface area (Å²) in [6.45, 7) is 1.93. The number of benzene rings is 2. The van der Waals surface area contributed by atoms with Crippen molar-refractivity contribution < 1.29 is 23.5 Å². The van der Waals surface area contributed by atoms with E-state index in [2.05, 4.69) is 14.8 Å². The Morgan fingerprint density at radius 3 is 2.57 bits per heavy atom. The molecule has 1 N–H and O–H groups in total. The number of piperidine rings is 1. The lowest BCUT2D eigenvalue weighted by Gasteiger charge is -2.38. The number of nitrogens with zero attached hydrogens (tertiary/aromatic N) is 4. The number of amides is 3. The van der Waals surface area contributed by atoms with Gasteiger partial charge in [-0.2, -0.15) is 0 Å². The number of ether oxygens (including phenoxy) is 1. The number of anilines is 1. The molecule has 0 saturated carbocycles. The molecule has 0 atom stereocenters. The van der Waals surface area contributed by atoms with Gasteiger partial charge in [0.15, 0.2) is 5.78 Å². The van der Waals surface area contributed by atoms with Gasteiger partial charge >= 0.3 is 6.03 Å². The number of imide groups is 1. The molecule has 1 spiro atoms. The first-order valence-corrected chi connectivity index (χ1v) is 11.8. The summed E-state index contributed by atoms with van der Waals surface area (Å²) in [5.74, 6) is 0.808. The van der Waals surface area contributed by atoms with Gasteiger partial charge in [0.2, 0.25) is 5.95 Å². The van der Waals surface area contributed by atoms with Gasteiger partial charge in [0, 0.05) is 31.6 Å². The maximum atomic E-state index is 13.2. The average molecular weight is 477 g/mol. The summed E-state index contributed by atoms with van der Waals surface area (Å²) in [6.07, 6.45) is 1.36. The van der Waals surface area contributed by atoms with Gasteiger partial charge in [0.1, 0.15) is 23.7 Å². The highest BCUT2D eigenvalue weighted by Crippen LogP contribution is 2.35. The average Bonchev–Trinajstić information content (AvgIpc) is 3.34. The zero-order valence-corrected chi connectivity index (χ0v) is 19.0. The van der Waals surface area contributed by atoms with Crippen LogP contribution in [0.15, 0.2) is 42.5 Å². The van der Waals surface area contributed by atoms with E-state index in [1.165, 1.54) is 29.2 Å². The van der Waals surface area contributed by atoms with E-state index < -0.39 is 11.6 Å². The van der Waals surface area contributed by atoms with E-state index in [4.69, 9.17) is 9.72 Å². The fourth-order valence-electron chi connectivity index (χ4n) is 5.29. The van der Waals surface area contributed by atoms with E-state index in [-0.39, 0.29) is 30.7 Å². The number of Topliss-reactive ketones (excluding diaryl/α,β-unsaturated/α-hetero) is 1. The van der Waals surface area contributed by atoms with Gasteiger partial charge < -0.3 is 19.5 Å².